The third-order valence-electron chi connectivity index (χ3n) is 5.57. The zero-order valence-corrected chi connectivity index (χ0v) is 19.1. The summed E-state index contributed by atoms with van der Waals surface area (Å²) in [5.41, 5.74) is 5.44. The number of fused-ring (bicyclic) bond motifs is 1. The van der Waals surface area contributed by atoms with Crippen molar-refractivity contribution in [2.45, 2.75) is 19.3 Å². The summed E-state index contributed by atoms with van der Waals surface area (Å²) in [7, 11) is 0. The van der Waals surface area contributed by atoms with E-state index in [1.807, 2.05) is 84.9 Å². The van der Waals surface area contributed by atoms with E-state index in [1.54, 1.807) is 6.92 Å². The van der Waals surface area contributed by atoms with Crippen molar-refractivity contribution in [2.24, 2.45) is 0 Å². The second-order valence-corrected chi connectivity index (χ2v) is 8.22. The number of benzene rings is 3. The molecule has 33 heavy (non-hydrogen) atoms. The number of rotatable bonds is 7. The van der Waals surface area contributed by atoms with Gasteiger partial charge in [-0.15, -0.1) is 0 Å². The number of Topliss-reactive ketones (excluding diaryl/α,β-unsaturated/α-hetero) is 1. The van der Waals surface area contributed by atoms with Crippen LogP contribution in [0.25, 0.3) is 23.1 Å². The highest BCUT2D eigenvalue weighted by Crippen LogP contribution is 2.31. The number of nitrogens with zero attached hydrogens (tertiary/aromatic N) is 1. The number of halogens is 1. The lowest BCUT2D eigenvalue weighted by Crippen LogP contribution is -2.09. The number of hydrogen-bond donors (Lipinski definition) is 1. The molecule has 4 rings (SSSR count). The molecule has 0 aliphatic heterocycles. The van der Waals surface area contributed by atoms with E-state index in [-0.39, 0.29) is 23.8 Å². The molecule has 1 aromatic heterocycles. The second kappa shape index (κ2) is 11.0. The second-order valence-electron chi connectivity index (χ2n) is 7.78. The molecule has 0 saturated carbocycles. The first-order chi connectivity index (χ1) is 15.5. The lowest BCUT2D eigenvalue weighted by molar-refractivity contribution is 0.101. The van der Waals surface area contributed by atoms with Crippen molar-refractivity contribution in [3.8, 4) is 0 Å². The molecule has 0 aliphatic carbocycles. The van der Waals surface area contributed by atoms with Crippen LogP contribution in [-0.2, 0) is 0 Å². The summed E-state index contributed by atoms with van der Waals surface area (Å²) in [6, 6.07) is 25.5. The molecule has 0 unspecified atom stereocenters. The first kappa shape index (κ1) is 24.3. The lowest BCUT2D eigenvalue weighted by atomic mass is 9.84. The molecule has 168 valence electrons. The fourth-order valence-corrected chi connectivity index (χ4v) is 4.18. The standard InChI is InChI=1S/C28H24ClNO2.H2O/c1-19(32)25-7-2-3-8-27(25)26(15-16-31)22-6-4-5-20(17-22)9-13-24-14-11-21-10-12-23(29)18-28(21)30-24;/h2-14,17-18,26,31H,15-16H2,1H3;1H2/b13-9+;/t26-;/m0./s1. The SMILES string of the molecule is CC(=O)c1ccccc1[C@@H](CCO)c1cccc(/C=C/c2ccc3ccc(Cl)cc3n2)c1.O. The van der Waals surface area contributed by atoms with Gasteiger partial charge in [-0.2, -0.15) is 0 Å². The summed E-state index contributed by atoms with van der Waals surface area (Å²) in [6.45, 7) is 1.62. The maximum Gasteiger partial charge on any atom is 0.160 e. The molecule has 5 heteroatoms. The molecule has 0 aliphatic rings. The summed E-state index contributed by atoms with van der Waals surface area (Å²) in [6.07, 6.45) is 4.55. The van der Waals surface area contributed by atoms with Crippen molar-refractivity contribution in [3.05, 3.63) is 112 Å². The molecule has 3 aromatic carbocycles. The number of hydrogen-bond acceptors (Lipinski definition) is 3. The van der Waals surface area contributed by atoms with Gasteiger partial charge in [0.05, 0.1) is 11.2 Å². The van der Waals surface area contributed by atoms with E-state index in [0.717, 1.165) is 33.3 Å². The van der Waals surface area contributed by atoms with Crippen LogP contribution < -0.4 is 0 Å². The van der Waals surface area contributed by atoms with Gasteiger partial charge in [0, 0.05) is 28.5 Å². The van der Waals surface area contributed by atoms with E-state index < -0.39 is 0 Å². The lowest BCUT2D eigenvalue weighted by Gasteiger charge is -2.20. The number of carbonyl (C=O) groups excluding carboxylic acids is 1. The van der Waals surface area contributed by atoms with E-state index in [2.05, 4.69) is 11.1 Å². The molecule has 0 bridgehead atoms. The number of ketones is 1. The van der Waals surface area contributed by atoms with Gasteiger partial charge in [-0.05, 0) is 54.3 Å². The van der Waals surface area contributed by atoms with Crippen LogP contribution in [0, 0.1) is 0 Å². The number of carbonyl (C=O) groups is 1. The highest BCUT2D eigenvalue weighted by molar-refractivity contribution is 6.31. The van der Waals surface area contributed by atoms with E-state index in [4.69, 9.17) is 11.6 Å². The van der Waals surface area contributed by atoms with Crippen LogP contribution in [0.1, 0.15) is 52.0 Å². The molecule has 0 saturated heterocycles. The van der Waals surface area contributed by atoms with Crippen molar-refractivity contribution in [2.75, 3.05) is 6.61 Å². The Kier molecular flexibility index (Phi) is 8.12. The maximum absolute atomic E-state index is 12.2. The first-order valence-corrected chi connectivity index (χ1v) is 11.0. The largest absolute Gasteiger partial charge is 0.412 e. The fraction of sp³-hybridized carbons (Fsp3) is 0.143. The van der Waals surface area contributed by atoms with Gasteiger partial charge in [-0.25, -0.2) is 4.98 Å². The predicted molar refractivity (Wildman–Crippen MR) is 136 cm³/mol. The Morgan fingerprint density at radius 1 is 1.00 bits per heavy atom. The van der Waals surface area contributed by atoms with Gasteiger partial charge in [0.2, 0.25) is 0 Å². The Bertz CT molecular complexity index is 1300. The third-order valence-corrected chi connectivity index (χ3v) is 5.80. The molecule has 1 atom stereocenters. The summed E-state index contributed by atoms with van der Waals surface area (Å²) < 4.78 is 0. The first-order valence-electron chi connectivity index (χ1n) is 10.6. The summed E-state index contributed by atoms with van der Waals surface area (Å²) in [5, 5.41) is 11.4. The van der Waals surface area contributed by atoms with Gasteiger partial charge in [-0.3, -0.25) is 4.79 Å². The highest BCUT2D eigenvalue weighted by atomic mass is 35.5. The Labute approximate surface area is 198 Å². The van der Waals surface area contributed by atoms with Crippen LogP contribution in [0.3, 0.4) is 0 Å². The molecule has 0 amide bonds. The summed E-state index contributed by atoms with van der Waals surface area (Å²) in [4.78, 5) is 16.8. The Morgan fingerprint density at radius 2 is 1.79 bits per heavy atom. The average molecular weight is 460 g/mol. The van der Waals surface area contributed by atoms with Crippen molar-refractivity contribution < 1.29 is 15.4 Å². The van der Waals surface area contributed by atoms with E-state index in [9.17, 15) is 9.90 Å². The number of aromatic nitrogens is 1. The molecule has 4 aromatic rings. The normalized spacial score (nSPS) is 12.0. The molecule has 0 fully saturated rings. The Hall–Kier alpha value is -3.31. The van der Waals surface area contributed by atoms with Crippen LogP contribution in [0.15, 0.2) is 78.9 Å². The minimum atomic E-state index is -0.0608. The van der Waals surface area contributed by atoms with Gasteiger partial charge in [-0.1, -0.05) is 78.3 Å². The van der Waals surface area contributed by atoms with Crippen LogP contribution in [0.2, 0.25) is 5.02 Å². The molecular formula is C28H26ClNO3. The van der Waals surface area contributed by atoms with E-state index >= 15 is 0 Å². The van der Waals surface area contributed by atoms with E-state index in [0.29, 0.717) is 17.0 Å². The van der Waals surface area contributed by atoms with Gasteiger partial charge in [0.25, 0.3) is 0 Å². The third kappa shape index (κ3) is 5.74. The molecule has 0 spiro atoms. The topological polar surface area (TPSA) is 81.7 Å². The van der Waals surface area contributed by atoms with E-state index in [1.165, 1.54) is 0 Å². The van der Waals surface area contributed by atoms with Gasteiger partial charge < -0.3 is 10.6 Å². The summed E-state index contributed by atoms with van der Waals surface area (Å²) >= 11 is 6.10. The average Bonchev–Trinajstić information content (AvgIpc) is 2.81. The molecule has 3 N–H and O–H groups in total. The smallest absolute Gasteiger partial charge is 0.160 e. The minimum absolute atomic E-state index is 0. The van der Waals surface area contributed by atoms with Crippen molar-refractivity contribution in [1.29, 1.82) is 0 Å². The molecule has 4 nitrogen and oxygen atoms in total. The summed E-state index contributed by atoms with van der Waals surface area (Å²) in [5.74, 6) is -0.0311. The highest BCUT2D eigenvalue weighted by Gasteiger charge is 2.19. The molecular weight excluding hydrogens is 434 g/mol. The Balaban J connectivity index is 0.00000306. The van der Waals surface area contributed by atoms with Gasteiger partial charge in [0.15, 0.2) is 5.78 Å². The van der Waals surface area contributed by atoms with Crippen LogP contribution in [0.4, 0.5) is 0 Å². The number of pyridine rings is 1. The zero-order valence-electron chi connectivity index (χ0n) is 18.3. The van der Waals surface area contributed by atoms with Crippen molar-refractivity contribution >= 4 is 40.4 Å². The molecule has 0 radical (unpaired) electrons. The van der Waals surface area contributed by atoms with Crippen LogP contribution in [-0.4, -0.2) is 28.0 Å². The zero-order chi connectivity index (χ0) is 22.5. The monoisotopic (exact) mass is 459 g/mol. The fourth-order valence-electron chi connectivity index (χ4n) is 4.01. The molecule has 1 heterocycles. The minimum Gasteiger partial charge on any atom is -0.412 e. The predicted octanol–water partition coefficient (Wildman–Crippen LogP) is 5.95. The van der Waals surface area contributed by atoms with Gasteiger partial charge in [0.1, 0.15) is 0 Å². The Morgan fingerprint density at radius 3 is 2.58 bits per heavy atom. The quantitative estimate of drug-likeness (QED) is 0.346. The number of aliphatic hydroxyl groups is 1. The van der Waals surface area contributed by atoms with Crippen molar-refractivity contribution in [1.82, 2.24) is 4.98 Å². The van der Waals surface area contributed by atoms with Crippen LogP contribution >= 0.6 is 11.6 Å². The van der Waals surface area contributed by atoms with Crippen LogP contribution in [0.5, 0.6) is 0 Å². The van der Waals surface area contributed by atoms with Gasteiger partial charge >= 0.3 is 0 Å². The number of aliphatic hydroxyl groups excluding tert-OH is 1. The van der Waals surface area contributed by atoms with Crippen molar-refractivity contribution in [3.63, 3.8) is 0 Å². The maximum atomic E-state index is 12.2.